The molecule has 2 aliphatic heterocycles. The van der Waals surface area contributed by atoms with Crippen molar-refractivity contribution in [2.45, 2.75) is 25.3 Å². The van der Waals surface area contributed by atoms with Gasteiger partial charge in [0.15, 0.2) is 6.67 Å². The fraction of sp³-hybridized carbons (Fsp3) is 0.556. The second kappa shape index (κ2) is 6.18. The van der Waals surface area contributed by atoms with E-state index >= 15 is 0 Å². The standard InChI is InChI=1S/C18H23ClN4O2/c1-18(13-5-6-13)16(24)23(17(25)20-18)12-21-7-9-22(10-8-21)15-4-2-3-14(19)11-15/h2-4,11,13H,5-10,12H2,1H3,(H,20,25)/p+1/t18-/m0/s1. The summed E-state index contributed by atoms with van der Waals surface area (Å²) in [7, 11) is 0. The molecule has 6 nitrogen and oxygen atoms in total. The van der Waals surface area contributed by atoms with Crippen LogP contribution < -0.4 is 15.1 Å². The fourth-order valence-electron chi connectivity index (χ4n) is 3.93. The number of urea groups is 1. The van der Waals surface area contributed by atoms with Crippen LogP contribution in [0.25, 0.3) is 0 Å². The van der Waals surface area contributed by atoms with Crippen LogP contribution >= 0.6 is 11.6 Å². The summed E-state index contributed by atoms with van der Waals surface area (Å²) < 4.78 is 0. The van der Waals surface area contributed by atoms with E-state index in [9.17, 15) is 9.59 Å². The minimum absolute atomic E-state index is 0.0511. The molecule has 1 aliphatic carbocycles. The van der Waals surface area contributed by atoms with Crippen LogP contribution in [0.2, 0.25) is 5.02 Å². The van der Waals surface area contributed by atoms with Gasteiger partial charge < -0.3 is 15.1 Å². The van der Waals surface area contributed by atoms with Crippen LogP contribution in [0.4, 0.5) is 10.5 Å². The molecule has 1 saturated carbocycles. The maximum atomic E-state index is 12.7. The van der Waals surface area contributed by atoms with E-state index in [0.717, 1.165) is 49.7 Å². The molecule has 2 heterocycles. The normalized spacial score (nSPS) is 27.8. The lowest BCUT2D eigenvalue weighted by Crippen LogP contribution is -3.16. The van der Waals surface area contributed by atoms with Gasteiger partial charge in [-0.2, -0.15) is 0 Å². The lowest BCUT2D eigenvalue weighted by atomic mass is 9.96. The van der Waals surface area contributed by atoms with Crippen molar-refractivity contribution in [2.24, 2.45) is 5.92 Å². The molecule has 3 amide bonds. The van der Waals surface area contributed by atoms with Crippen LogP contribution in [0, 0.1) is 5.92 Å². The molecular formula is C18H24ClN4O2+. The minimum Gasteiger partial charge on any atom is -0.360 e. The highest BCUT2D eigenvalue weighted by Gasteiger charge is 2.56. The summed E-state index contributed by atoms with van der Waals surface area (Å²) in [6, 6.07) is 7.65. The molecule has 25 heavy (non-hydrogen) atoms. The van der Waals surface area contributed by atoms with Crippen LogP contribution in [0.15, 0.2) is 24.3 Å². The number of nitrogens with zero attached hydrogens (tertiary/aromatic N) is 2. The van der Waals surface area contributed by atoms with Gasteiger partial charge in [-0.25, -0.2) is 9.69 Å². The van der Waals surface area contributed by atoms with Gasteiger partial charge in [0.05, 0.1) is 26.2 Å². The highest BCUT2D eigenvalue weighted by molar-refractivity contribution is 6.30. The maximum Gasteiger partial charge on any atom is 0.329 e. The van der Waals surface area contributed by atoms with Crippen molar-refractivity contribution >= 4 is 29.2 Å². The molecule has 0 unspecified atom stereocenters. The number of hydrogen-bond acceptors (Lipinski definition) is 3. The molecule has 7 heteroatoms. The van der Waals surface area contributed by atoms with Crippen LogP contribution in [-0.4, -0.2) is 55.2 Å². The van der Waals surface area contributed by atoms with Crippen LogP contribution in [0.1, 0.15) is 19.8 Å². The van der Waals surface area contributed by atoms with Crippen molar-refractivity contribution < 1.29 is 14.5 Å². The number of imide groups is 1. The summed E-state index contributed by atoms with van der Waals surface area (Å²) in [5.41, 5.74) is 0.446. The van der Waals surface area contributed by atoms with E-state index in [1.165, 1.54) is 9.80 Å². The molecule has 3 aliphatic rings. The Hall–Kier alpha value is -1.79. The van der Waals surface area contributed by atoms with Crippen molar-refractivity contribution in [1.29, 1.82) is 0 Å². The second-order valence-corrected chi connectivity index (χ2v) is 7.95. The Morgan fingerprint density at radius 3 is 2.64 bits per heavy atom. The molecule has 134 valence electrons. The number of nitrogens with one attached hydrogen (secondary N) is 2. The van der Waals surface area contributed by atoms with E-state index in [2.05, 4.69) is 16.3 Å². The van der Waals surface area contributed by atoms with Crippen molar-refractivity contribution in [2.75, 3.05) is 37.7 Å². The van der Waals surface area contributed by atoms with Gasteiger partial charge in [-0.05, 0) is 43.9 Å². The predicted octanol–water partition coefficient (Wildman–Crippen LogP) is 0.723. The first-order valence-electron chi connectivity index (χ1n) is 8.95. The summed E-state index contributed by atoms with van der Waals surface area (Å²) in [6.07, 6.45) is 2.06. The number of benzene rings is 1. The Morgan fingerprint density at radius 2 is 2.00 bits per heavy atom. The number of amides is 3. The smallest absolute Gasteiger partial charge is 0.329 e. The van der Waals surface area contributed by atoms with Gasteiger partial charge >= 0.3 is 6.03 Å². The number of piperazine rings is 1. The van der Waals surface area contributed by atoms with Gasteiger partial charge in [-0.15, -0.1) is 0 Å². The van der Waals surface area contributed by atoms with Gasteiger partial charge in [0.1, 0.15) is 5.54 Å². The Kier molecular flexibility index (Phi) is 4.12. The third-order valence-electron chi connectivity index (χ3n) is 5.72. The molecule has 2 saturated heterocycles. The third-order valence-corrected chi connectivity index (χ3v) is 5.96. The van der Waals surface area contributed by atoms with Gasteiger partial charge in [0, 0.05) is 10.7 Å². The summed E-state index contributed by atoms with van der Waals surface area (Å²) >= 11 is 6.08. The van der Waals surface area contributed by atoms with Crippen LogP contribution in [0.5, 0.6) is 0 Å². The van der Waals surface area contributed by atoms with Gasteiger partial charge in [-0.1, -0.05) is 17.7 Å². The van der Waals surface area contributed by atoms with E-state index in [1.54, 1.807) is 0 Å². The van der Waals surface area contributed by atoms with Crippen LogP contribution in [0.3, 0.4) is 0 Å². The third kappa shape index (κ3) is 3.09. The second-order valence-electron chi connectivity index (χ2n) is 7.51. The Labute approximate surface area is 152 Å². The van der Waals surface area contributed by atoms with E-state index in [0.29, 0.717) is 12.6 Å². The first-order valence-corrected chi connectivity index (χ1v) is 9.33. The lowest BCUT2D eigenvalue weighted by Gasteiger charge is -2.34. The predicted molar refractivity (Wildman–Crippen MR) is 95.7 cm³/mol. The molecule has 3 fully saturated rings. The lowest BCUT2D eigenvalue weighted by molar-refractivity contribution is -0.907. The Bertz CT molecular complexity index is 700. The molecule has 4 rings (SSSR count). The summed E-state index contributed by atoms with van der Waals surface area (Å²) in [4.78, 5) is 30.0. The molecule has 0 bridgehead atoms. The summed E-state index contributed by atoms with van der Waals surface area (Å²) in [6.45, 7) is 5.89. The first-order chi connectivity index (χ1) is 12.0. The Morgan fingerprint density at radius 1 is 1.28 bits per heavy atom. The summed E-state index contributed by atoms with van der Waals surface area (Å²) in [5, 5.41) is 3.66. The number of carbonyl (C=O) groups is 2. The van der Waals surface area contributed by atoms with E-state index in [-0.39, 0.29) is 11.9 Å². The molecule has 1 aromatic rings. The number of quaternary nitrogens is 1. The topological polar surface area (TPSA) is 57.1 Å². The van der Waals surface area contributed by atoms with Crippen molar-refractivity contribution in [1.82, 2.24) is 10.2 Å². The van der Waals surface area contributed by atoms with Gasteiger partial charge in [0.25, 0.3) is 5.91 Å². The van der Waals surface area contributed by atoms with E-state index < -0.39 is 5.54 Å². The molecule has 2 N–H and O–H groups in total. The molecule has 1 aromatic carbocycles. The number of halogens is 1. The summed E-state index contributed by atoms with van der Waals surface area (Å²) in [5.74, 6) is 0.258. The number of carbonyl (C=O) groups excluding carboxylic acids is 2. The van der Waals surface area contributed by atoms with Crippen molar-refractivity contribution in [3.63, 3.8) is 0 Å². The number of anilines is 1. The van der Waals surface area contributed by atoms with E-state index in [1.807, 2.05) is 25.1 Å². The zero-order valence-corrected chi connectivity index (χ0v) is 15.2. The van der Waals surface area contributed by atoms with Gasteiger partial charge in [0.2, 0.25) is 0 Å². The zero-order chi connectivity index (χ0) is 17.6. The average molecular weight is 364 g/mol. The highest BCUT2D eigenvalue weighted by atomic mass is 35.5. The van der Waals surface area contributed by atoms with Crippen molar-refractivity contribution in [3.05, 3.63) is 29.3 Å². The fourth-order valence-corrected chi connectivity index (χ4v) is 4.12. The molecule has 0 radical (unpaired) electrons. The monoisotopic (exact) mass is 363 g/mol. The molecule has 0 aromatic heterocycles. The minimum atomic E-state index is -0.681. The average Bonchev–Trinajstić information content (AvgIpc) is 3.42. The number of rotatable bonds is 4. The van der Waals surface area contributed by atoms with Crippen molar-refractivity contribution in [3.8, 4) is 0 Å². The quantitative estimate of drug-likeness (QED) is 0.775. The van der Waals surface area contributed by atoms with E-state index in [4.69, 9.17) is 11.6 Å². The van der Waals surface area contributed by atoms with Crippen LogP contribution in [-0.2, 0) is 4.79 Å². The molecule has 0 spiro atoms. The maximum absolute atomic E-state index is 12.7. The first kappa shape index (κ1) is 16.7. The SMILES string of the molecule is C[C@@]1(C2CC2)NC(=O)N(C[NH+]2CCN(c3cccc(Cl)c3)CC2)C1=O. The van der Waals surface area contributed by atoms with Gasteiger partial charge in [-0.3, -0.25) is 4.79 Å². The molecule has 1 atom stereocenters. The number of hydrogen-bond donors (Lipinski definition) is 2. The largest absolute Gasteiger partial charge is 0.360 e. The zero-order valence-electron chi connectivity index (χ0n) is 14.4. The highest BCUT2D eigenvalue weighted by Crippen LogP contribution is 2.42. The molecular weight excluding hydrogens is 340 g/mol. The Balaban J connectivity index is 1.36.